The molecule has 0 saturated heterocycles. The molecule has 3 amide bonds. The second-order valence-corrected chi connectivity index (χ2v) is 9.14. The minimum atomic E-state index is -3.84. The summed E-state index contributed by atoms with van der Waals surface area (Å²) in [5.41, 5.74) is 7.21. The lowest BCUT2D eigenvalue weighted by molar-refractivity contribution is -0.0710. The van der Waals surface area contributed by atoms with Crippen molar-refractivity contribution in [3.63, 3.8) is 0 Å². The Morgan fingerprint density at radius 1 is 1.03 bits per heavy atom. The first-order valence-corrected chi connectivity index (χ1v) is 10.5. The lowest BCUT2D eigenvalue weighted by Gasteiger charge is -2.22. The summed E-state index contributed by atoms with van der Waals surface area (Å²) in [5.74, 6) is -0.272. The molecule has 29 heavy (non-hydrogen) atoms. The number of carbonyl (C=O) groups is 2. The number of rotatable bonds is 3. The van der Waals surface area contributed by atoms with Gasteiger partial charge < -0.3 is 10.6 Å². The van der Waals surface area contributed by atoms with Crippen molar-refractivity contribution in [1.29, 1.82) is 0 Å². The van der Waals surface area contributed by atoms with Crippen LogP contribution in [0.4, 0.5) is 4.79 Å². The summed E-state index contributed by atoms with van der Waals surface area (Å²) >= 11 is 0. The van der Waals surface area contributed by atoms with Crippen molar-refractivity contribution < 1.29 is 23.2 Å². The van der Waals surface area contributed by atoms with Crippen LogP contribution in [0.5, 0.6) is 0 Å². The quantitative estimate of drug-likeness (QED) is 0.585. The Kier molecular flexibility index (Phi) is 5.38. The SMILES string of the molecule is CC(c1ccc2c(c1)CCc1ccc(C(=O)N(C)C)cc1S2(=O)=O)N(O)C(N)=O. The number of benzene rings is 2. The molecule has 0 aliphatic carbocycles. The number of hydrogen-bond acceptors (Lipinski definition) is 5. The van der Waals surface area contributed by atoms with E-state index in [1.807, 2.05) is 0 Å². The maximum atomic E-state index is 13.3. The number of aryl methyl sites for hydroxylation is 2. The van der Waals surface area contributed by atoms with E-state index in [4.69, 9.17) is 5.73 Å². The van der Waals surface area contributed by atoms with Crippen LogP contribution in [0.15, 0.2) is 46.2 Å². The number of primary amides is 1. The molecular weight excluding hydrogens is 394 g/mol. The van der Waals surface area contributed by atoms with Crippen molar-refractivity contribution >= 4 is 21.8 Å². The van der Waals surface area contributed by atoms with Gasteiger partial charge in [-0.25, -0.2) is 13.2 Å². The first-order chi connectivity index (χ1) is 13.5. The van der Waals surface area contributed by atoms with Crippen LogP contribution in [-0.2, 0) is 22.7 Å². The lowest BCUT2D eigenvalue weighted by Crippen LogP contribution is -2.34. The summed E-state index contributed by atoms with van der Waals surface area (Å²) in [7, 11) is -0.621. The highest BCUT2D eigenvalue weighted by Crippen LogP contribution is 2.34. The highest BCUT2D eigenvalue weighted by Gasteiger charge is 2.29. The molecule has 0 bridgehead atoms. The third-order valence-corrected chi connectivity index (χ3v) is 7.06. The number of fused-ring (bicyclic) bond motifs is 2. The van der Waals surface area contributed by atoms with E-state index in [0.717, 1.165) is 0 Å². The van der Waals surface area contributed by atoms with Crippen molar-refractivity contribution in [2.75, 3.05) is 14.1 Å². The normalized spacial score (nSPS) is 15.4. The van der Waals surface area contributed by atoms with E-state index in [1.54, 1.807) is 45.3 Å². The van der Waals surface area contributed by atoms with Gasteiger partial charge in [-0.3, -0.25) is 10.0 Å². The standard InChI is InChI=1S/C20H23N3O5S/c1-12(23(26)20(21)25)14-8-9-17-15(10-14)6-4-13-5-7-16(19(24)22(2)3)11-18(13)29(17,27)28/h5,7-12,26H,4,6H2,1-3H3,(H2,21,25). The maximum absolute atomic E-state index is 13.3. The summed E-state index contributed by atoms with van der Waals surface area (Å²) < 4.78 is 26.6. The van der Waals surface area contributed by atoms with Crippen molar-refractivity contribution in [3.05, 3.63) is 58.7 Å². The monoisotopic (exact) mass is 417 g/mol. The lowest BCUT2D eigenvalue weighted by atomic mass is 9.99. The average molecular weight is 417 g/mol. The highest BCUT2D eigenvalue weighted by molar-refractivity contribution is 7.91. The number of nitrogens with two attached hydrogens (primary N) is 1. The first-order valence-electron chi connectivity index (χ1n) is 9.04. The van der Waals surface area contributed by atoms with Crippen LogP contribution in [0.3, 0.4) is 0 Å². The summed E-state index contributed by atoms with van der Waals surface area (Å²) in [6, 6.07) is 7.72. The maximum Gasteiger partial charge on any atom is 0.339 e. The molecule has 2 aromatic carbocycles. The Bertz CT molecular complexity index is 1100. The molecule has 9 heteroatoms. The number of nitrogens with zero attached hydrogens (tertiary/aromatic N) is 2. The van der Waals surface area contributed by atoms with Gasteiger partial charge in [0, 0.05) is 19.7 Å². The average Bonchev–Trinajstić information content (AvgIpc) is 2.79. The zero-order chi connectivity index (χ0) is 21.5. The second kappa shape index (κ2) is 7.49. The van der Waals surface area contributed by atoms with E-state index in [1.165, 1.54) is 17.0 Å². The fourth-order valence-electron chi connectivity index (χ4n) is 3.44. The van der Waals surface area contributed by atoms with E-state index in [0.29, 0.717) is 40.2 Å². The summed E-state index contributed by atoms with van der Waals surface area (Å²) in [4.78, 5) is 25.2. The molecule has 2 aromatic rings. The van der Waals surface area contributed by atoms with E-state index < -0.39 is 21.9 Å². The third-order valence-electron chi connectivity index (χ3n) is 5.12. The Balaban J connectivity index is 2.09. The number of hydroxylamine groups is 2. The molecule has 3 rings (SSSR count). The van der Waals surface area contributed by atoms with Gasteiger partial charge in [0.15, 0.2) is 0 Å². The van der Waals surface area contributed by atoms with Crippen LogP contribution in [0.25, 0.3) is 0 Å². The predicted octanol–water partition coefficient (Wildman–Crippen LogP) is 2.15. The molecule has 0 aromatic heterocycles. The van der Waals surface area contributed by atoms with Gasteiger partial charge in [0.05, 0.1) is 15.8 Å². The van der Waals surface area contributed by atoms with Crippen LogP contribution in [0, 0.1) is 0 Å². The topological polar surface area (TPSA) is 121 Å². The zero-order valence-electron chi connectivity index (χ0n) is 16.4. The summed E-state index contributed by atoms with van der Waals surface area (Å²) in [5, 5.41) is 10.2. The summed E-state index contributed by atoms with van der Waals surface area (Å²) in [6.45, 7) is 1.59. The molecule has 154 valence electrons. The third kappa shape index (κ3) is 3.70. The molecule has 1 atom stereocenters. The molecule has 1 aliphatic rings. The van der Waals surface area contributed by atoms with E-state index in [9.17, 15) is 23.2 Å². The van der Waals surface area contributed by atoms with Gasteiger partial charge in [-0.2, -0.15) is 5.06 Å². The Morgan fingerprint density at radius 2 is 1.69 bits per heavy atom. The zero-order valence-corrected chi connectivity index (χ0v) is 17.2. The highest BCUT2D eigenvalue weighted by atomic mass is 32.2. The summed E-state index contributed by atoms with van der Waals surface area (Å²) in [6.07, 6.45) is 0.944. The van der Waals surface area contributed by atoms with Gasteiger partial charge in [0.2, 0.25) is 9.84 Å². The van der Waals surface area contributed by atoms with Crippen LogP contribution >= 0.6 is 0 Å². The Hall–Kier alpha value is -2.91. The van der Waals surface area contributed by atoms with Crippen LogP contribution in [0.1, 0.15) is 40.0 Å². The number of carbonyl (C=O) groups excluding carboxylic acids is 2. The molecule has 3 N–H and O–H groups in total. The second-order valence-electron chi connectivity index (χ2n) is 7.25. The molecule has 0 fully saturated rings. The molecule has 1 heterocycles. The number of hydrogen-bond donors (Lipinski definition) is 2. The molecule has 1 aliphatic heterocycles. The molecule has 1 unspecified atom stereocenters. The molecule has 8 nitrogen and oxygen atoms in total. The van der Waals surface area contributed by atoms with Gasteiger partial charge >= 0.3 is 6.03 Å². The van der Waals surface area contributed by atoms with Crippen LogP contribution < -0.4 is 5.73 Å². The van der Waals surface area contributed by atoms with E-state index in [-0.39, 0.29) is 15.7 Å². The van der Waals surface area contributed by atoms with Crippen molar-refractivity contribution in [1.82, 2.24) is 9.96 Å². The van der Waals surface area contributed by atoms with Gasteiger partial charge in [-0.15, -0.1) is 0 Å². The van der Waals surface area contributed by atoms with Crippen molar-refractivity contribution in [2.24, 2.45) is 5.73 Å². The fourth-order valence-corrected chi connectivity index (χ4v) is 5.23. The van der Waals surface area contributed by atoms with Gasteiger partial charge in [0.25, 0.3) is 5.91 Å². The first kappa shape index (κ1) is 20.8. The van der Waals surface area contributed by atoms with Crippen molar-refractivity contribution in [3.8, 4) is 0 Å². The smallest absolute Gasteiger partial charge is 0.339 e. The number of amides is 3. The minimum absolute atomic E-state index is 0.130. The molecule has 0 radical (unpaired) electrons. The fraction of sp³-hybridized carbons (Fsp3) is 0.300. The Morgan fingerprint density at radius 3 is 2.31 bits per heavy atom. The van der Waals surface area contributed by atoms with Gasteiger partial charge in [-0.1, -0.05) is 18.2 Å². The molecule has 0 saturated carbocycles. The van der Waals surface area contributed by atoms with Crippen LogP contribution in [0.2, 0.25) is 0 Å². The van der Waals surface area contributed by atoms with Crippen LogP contribution in [-0.4, -0.2) is 49.6 Å². The van der Waals surface area contributed by atoms with E-state index in [2.05, 4.69) is 0 Å². The predicted molar refractivity (Wildman–Crippen MR) is 105 cm³/mol. The molecular formula is C20H23N3O5S. The number of urea groups is 1. The minimum Gasteiger partial charge on any atom is -0.350 e. The Labute approximate surface area is 169 Å². The van der Waals surface area contributed by atoms with Crippen molar-refractivity contribution in [2.45, 2.75) is 35.6 Å². The number of sulfone groups is 1. The van der Waals surface area contributed by atoms with E-state index >= 15 is 0 Å². The largest absolute Gasteiger partial charge is 0.350 e. The van der Waals surface area contributed by atoms with Gasteiger partial charge in [0.1, 0.15) is 0 Å². The molecule has 0 spiro atoms. The van der Waals surface area contributed by atoms with Gasteiger partial charge in [-0.05, 0) is 54.7 Å².